The molecule has 1 amide bonds. The Bertz CT molecular complexity index is 688. The minimum Gasteiger partial charge on any atom is -0.454 e. The van der Waals surface area contributed by atoms with E-state index in [9.17, 15) is 4.79 Å². The highest BCUT2D eigenvalue weighted by Gasteiger charge is 2.23. The van der Waals surface area contributed by atoms with Crippen molar-refractivity contribution >= 4 is 22.4 Å². The molecule has 21 heavy (non-hydrogen) atoms. The van der Waals surface area contributed by atoms with E-state index in [-0.39, 0.29) is 18.1 Å². The molecule has 0 bridgehead atoms. The highest BCUT2D eigenvalue weighted by Crippen LogP contribution is 2.36. The average molecular weight is 304 g/mol. The topological polar surface area (TPSA) is 60.5 Å². The smallest absolute Gasteiger partial charge is 0.261 e. The summed E-state index contributed by atoms with van der Waals surface area (Å²) in [7, 11) is 0. The van der Waals surface area contributed by atoms with Crippen LogP contribution in [0.3, 0.4) is 0 Å². The Morgan fingerprint density at radius 1 is 1.33 bits per heavy atom. The number of para-hydroxylation sites is 1. The van der Waals surface area contributed by atoms with Crippen molar-refractivity contribution in [2.45, 2.75) is 26.2 Å². The van der Waals surface area contributed by atoms with Crippen molar-refractivity contribution in [2.75, 3.05) is 12.1 Å². The Hall–Kier alpha value is -2.08. The maximum Gasteiger partial charge on any atom is 0.261 e. The first-order chi connectivity index (χ1) is 9.95. The van der Waals surface area contributed by atoms with Crippen LogP contribution in [-0.2, 0) is 5.41 Å². The summed E-state index contributed by atoms with van der Waals surface area (Å²) in [5.41, 5.74) is 1.38. The Labute approximate surface area is 126 Å². The van der Waals surface area contributed by atoms with Gasteiger partial charge in [0.25, 0.3) is 5.91 Å². The number of carbonyl (C=O) groups excluding carboxylic acids is 1. The number of benzene rings is 1. The molecule has 1 aliphatic rings. The lowest BCUT2D eigenvalue weighted by molar-refractivity contribution is 0.102. The summed E-state index contributed by atoms with van der Waals surface area (Å²) in [4.78, 5) is 16.8. The third-order valence-electron chi connectivity index (χ3n) is 3.13. The third-order valence-corrected chi connectivity index (χ3v) is 3.89. The van der Waals surface area contributed by atoms with Gasteiger partial charge in [-0.1, -0.05) is 26.8 Å². The van der Waals surface area contributed by atoms with E-state index in [0.717, 1.165) is 5.69 Å². The van der Waals surface area contributed by atoms with Crippen LogP contribution in [0.15, 0.2) is 23.6 Å². The number of hydrogen-bond acceptors (Lipinski definition) is 5. The summed E-state index contributed by atoms with van der Waals surface area (Å²) in [6.07, 6.45) is 0. The van der Waals surface area contributed by atoms with Crippen molar-refractivity contribution in [3.8, 4) is 11.5 Å². The quantitative estimate of drug-likeness (QED) is 0.923. The fourth-order valence-electron chi connectivity index (χ4n) is 1.95. The molecule has 1 N–H and O–H groups in total. The molecule has 0 saturated carbocycles. The number of aromatic nitrogens is 1. The predicted octanol–water partition coefficient (Wildman–Crippen LogP) is 3.42. The van der Waals surface area contributed by atoms with Crippen LogP contribution in [0.5, 0.6) is 11.5 Å². The zero-order valence-electron chi connectivity index (χ0n) is 12.1. The van der Waals surface area contributed by atoms with Crippen LogP contribution in [0.2, 0.25) is 0 Å². The minimum atomic E-state index is -0.243. The zero-order chi connectivity index (χ0) is 15.0. The van der Waals surface area contributed by atoms with Gasteiger partial charge in [-0.3, -0.25) is 10.1 Å². The first-order valence-electron chi connectivity index (χ1n) is 6.61. The van der Waals surface area contributed by atoms with Gasteiger partial charge in [-0.2, -0.15) is 0 Å². The number of thiazole rings is 1. The van der Waals surface area contributed by atoms with E-state index in [0.29, 0.717) is 22.2 Å². The van der Waals surface area contributed by atoms with Crippen molar-refractivity contribution in [1.29, 1.82) is 0 Å². The Morgan fingerprint density at radius 3 is 2.86 bits per heavy atom. The molecule has 1 aromatic carbocycles. The molecule has 0 spiro atoms. The molecule has 1 aromatic heterocycles. The Morgan fingerprint density at radius 2 is 2.14 bits per heavy atom. The van der Waals surface area contributed by atoms with Gasteiger partial charge < -0.3 is 9.47 Å². The third kappa shape index (κ3) is 2.71. The van der Waals surface area contributed by atoms with Crippen molar-refractivity contribution < 1.29 is 14.3 Å². The van der Waals surface area contributed by atoms with Gasteiger partial charge in [0.05, 0.1) is 11.3 Å². The summed E-state index contributed by atoms with van der Waals surface area (Å²) in [6, 6.07) is 5.26. The number of rotatable bonds is 2. The van der Waals surface area contributed by atoms with E-state index in [2.05, 4.69) is 31.1 Å². The van der Waals surface area contributed by atoms with Gasteiger partial charge in [-0.15, -0.1) is 11.3 Å². The normalized spacial score (nSPS) is 13.3. The first-order valence-corrected chi connectivity index (χ1v) is 7.49. The van der Waals surface area contributed by atoms with Crippen molar-refractivity contribution in [2.24, 2.45) is 0 Å². The van der Waals surface area contributed by atoms with E-state index in [1.807, 2.05) is 5.38 Å². The van der Waals surface area contributed by atoms with E-state index in [1.165, 1.54) is 11.3 Å². The fourth-order valence-corrected chi connectivity index (χ4v) is 2.88. The number of fused-ring (bicyclic) bond motifs is 1. The fraction of sp³-hybridized carbons (Fsp3) is 0.333. The van der Waals surface area contributed by atoms with Gasteiger partial charge in [-0.25, -0.2) is 4.98 Å². The van der Waals surface area contributed by atoms with Crippen LogP contribution in [0.25, 0.3) is 0 Å². The average Bonchev–Trinajstić information content (AvgIpc) is 3.05. The highest BCUT2D eigenvalue weighted by molar-refractivity contribution is 7.14. The van der Waals surface area contributed by atoms with Gasteiger partial charge in [0.2, 0.25) is 6.79 Å². The van der Waals surface area contributed by atoms with E-state index in [4.69, 9.17) is 9.47 Å². The molecule has 2 heterocycles. The number of nitrogens with one attached hydrogen (secondary N) is 1. The van der Waals surface area contributed by atoms with Gasteiger partial charge in [0.1, 0.15) is 0 Å². The van der Waals surface area contributed by atoms with Crippen LogP contribution >= 0.6 is 11.3 Å². The number of amides is 1. The molecule has 0 radical (unpaired) electrons. The second-order valence-corrected chi connectivity index (χ2v) is 6.64. The minimum absolute atomic E-state index is 0.0373. The number of nitrogens with zero attached hydrogens (tertiary/aromatic N) is 1. The number of hydrogen-bond donors (Lipinski definition) is 1. The summed E-state index contributed by atoms with van der Waals surface area (Å²) < 4.78 is 10.6. The number of carbonyl (C=O) groups is 1. The van der Waals surface area contributed by atoms with Crippen LogP contribution in [0.1, 0.15) is 36.8 Å². The summed E-state index contributed by atoms with van der Waals surface area (Å²) >= 11 is 1.42. The molecule has 0 aliphatic carbocycles. The highest BCUT2D eigenvalue weighted by atomic mass is 32.1. The summed E-state index contributed by atoms with van der Waals surface area (Å²) in [6.45, 7) is 6.40. The largest absolute Gasteiger partial charge is 0.454 e. The van der Waals surface area contributed by atoms with Gasteiger partial charge in [-0.05, 0) is 12.1 Å². The molecular weight excluding hydrogens is 288 g/mol. The standard InChI is InChI=1S/C15H16N2O3S/c1-15(2,3)11-7-21-14(16-11)17-13(18)9-5-4-6-10-12(9)20-8-19-10/h4-7H,8H2,1-3H3,(H,16,17,18). The molecule has 110 valence electrons. The van der Waals surface area contributed by atoms with Crippen LogP contribution in [0, 0.1) is 0 Å². The SMILES string of the molecule is CC(C)(C)c1csc(NC(=O)c2cccc3c2OCO3)n1. The molecule has 1 aliphatic heterocycles. The van der Waals surface area contributed by atoms with E-state index in [1.54, 1.807) is 18.2 Å². The lowest BCUT2D eigenvalue weighted by Gasteiger charge is -2.14. The molecule has 6 heteroatoms. The molecule has 3 rings (SSSR count). The number of ether oxygens (including phenoxy) is 2. The molecule has 2 aromatic rings. The molecule has 0 saturated heterocycles. The molecule has 0 fully saturated rings. The first kappa shape index (κ1) is 13.9. The van der Waals surface area contributed by atoms with Crippen LogP contribution in [0.4, 0.5) is 5.13 Å². The lowest BCUT2D eigenvalue weighted by atomic mass is 9.93. The van der Waals surface area contributed by atoms with E-state index >= 15 is 0 Å². The second-order valence-electron chi connectivity index (χ2n) is 5.78. The van der Waals surface area contributed by atoms with Crippen LogP contribution < -0.4 is 14.8 Å². The maximum absolute atomic E-state index is 12.4. The van der Waals surface area contributed by atoms with Gasteiger partial charge in [0, 0.05) is 10.8 Å². The van der Waals surface area contributed by atoms with Crippen LogP contribution in [-0.4, -0.2) is 17.7 Å². The maximum atomic E-state index is 12.4. The molecule has 0 atom stereocenters. The van der Waals surface area contributed by atoms with Crippen molar-refractivity contribution in [3.63, 3.8) is 0 Å². The Balaban J connectivity index is 1.81. The van der Waals surface area contributed by atoms with Gasteiger partial charge >= 0.3 is 0 Å². The summed E-state index contributed by atoms with van der Waals surface area (Å²) in [5, 5.41) is 5.36. The molecular formula is C15H16N2O3S. The zero-order valence-corrected chi connectivity index (χ0v) is 12.9. The predicted molar refractivity (Wildman–Crippen MR) is 81.3 cm³/mol. The lowest BCUT2D eigenvalue weighted by Crippen LogP contribution is -2.14. The monoisotopic (exact) mass is 304 g/mol. The Kier molecular flexibility index (Phi) is 3.33. The number of anilines is 1. The van der Waals surface area contributed by atoms with Crippen molar-refractivity contribution in [3.05, 3.63) is 34.8 Å². The van der Waals surface area contributed by atoms with Crippen molar-refractivity contribution in [1.82, 2.24) is 4.98 Å². The molecule has 5 nitrogen and oxygen atoms in total. The second kappa shape index (κ2) is 5.04. The molecule has 0 unspecified atom stereocenters. The summed E-state index contributed by atoms with van der Waals surface area (Å²) in [5.74, 6) is 0.840. The van der Waals surface area contributed by atoms with Gasteiger partial charge in [0.15, 0.2) is 16.6 Å². The van der Waals surface area contributed by atoms with E-state index < -0.39 is 0 Å².